The normalized spacial score (nSPS) is 10.6. The molecule has 70 valence electrons. The summed E-state index contributed by atoms with van der Waals surface area (Å²) in [5.74, 6) is 1.86. The molecule has 3 heteroatoms. The summed E-state index contributed by atoms with van der Waals surface area (Å²) < 4.78 is 10.7. The second-order valence-corrected chi connectivity index (χ2v) is 4.15. The van der Waals surface area contributed by atoms with Gasteiger partial charge in [0.15, 0.2) is 0 Å². The van der Waals surface area contributed by atoms with E-state index in [1.165, 1.54) is 0 Å². The van der Waals surface area contributed by atoms with Crippen molar-refractivity contribution in [2.45, 2.75) is 5.54 Å². The molecule has 0 bridgehead atoms. The van der Waals surface area contributed by atoms with Gasteiger partial charge in [-0.25, -0.2) is 0 Å². The lowest BCUT2D eigenvalue weighted by molar-refractivity contribution is 0.466. The fourth-order valence-corrected chi connectivity index (χ4v) is 2.23. The second-order valence-electron chi connectivity index (χ2n) is 2.83. The predicted molar refractivity (Wildman–Crippen MR) is 55.2 cm³/mol. The third-order valence-corrected chi connectivity index (χ3v) is 3.08. The first-order valence-electron chi connectivity index (χ1n) is 4.35. The lowest BCUT2D eigenvalue weighted by Crippen LogP contribution is -2.05. The van der Waals surface area contributed by atoms with Crippen molar-refractivity contribution in [2.75, 3.05) is 0 Å². The highest BCUT2D eigenvalue weighted by Crippen LogP contribution is 2.24. The molecule has 2 rings (SSSR count). The Morgan fingerprint density at radius 1 is 1.14 bits per heavy atom. The van der Waals surface area contributed by atoms with Crippen LogP contribution in [-0.4, -0.2) is 9.52 Å². The number of rotatable bonds is 4. The van der Waals surface area contributed by atoms with Crippen molar-refractivity contribution in [3.63, 3.8) is 0 Å². The van der Waals surface area contributed by atoms with Crippen LogP contribution in [0.25, 0.3) is 0 Å². The van der Waals surface area contributed by atoms with Crippen LogP contribution in [0.3, 0.4) is 0 Å². The predicted octanol–water partition coefficient (Wildman–Crippen LogP) is 2.81. The van der Waals surface area contributed by atoms with Crippen LogP contribution < -0.4 is 0 Å². The molecule has 0 aromatic carbocycles. The molecule has 0 aliphatic carbocycles. The van der Waals surface area contributed by atoms with E-state index in [0.29, 0.717) is 9.52 Å². The van der Waals surface area contributed by atoms with Gasteiger partial charge in [-0.1, -0.05) is 0 Å². The van der Waals surface area contributed by atoms with Gasteiger partial charge in [-0.05, 0) is 24.3 Å². The zero-order valence-electron chi connectivity index (χ0n) is 7.64. The van der Waals surface area contributed by atoms with Gasteiger partial charge < -0.3 is 8.83 Å². The summed E-state index contributed by atoms with van der Waals surface area (Å²) in [6.07, 6.45) is 3.36. The van der Waals surface area contributed by atoms with E-state index < -0.39 is 0 Å². The minimum absolute atomic E-state index is 0.178. The number of hydrogen-bond donors (Lipinski definition) is 0. The Kier molecular flexibility index (Phi) is 2.69. The fourth-order valence-electron chi connectivity index (χ4n) is 1.33. The molecule has 0 fully saturated rings. The average Bonchev–Trinajstić information content (AvgIpc) is 2.87. The highest BCUT2D eigenvalue weighted by atomic mass is 28.2. The largest absolute Gasteiger partial charge is 0.469 e. The quantitative estimate of drug-likeness (QED) is 0.713. The van der Waals surface area contributed by atoms with Gasteiger partial charge in [0.2, 0.25) is 0 Å². The van der Waals surface area contributed by atoms with Crippen LogP contribution in [0.2, 0.25) is 0 Å². The van der Waals surface area contributed by atoms with Crippen LogP contribution >= 0.6 is 0 Å². The van der Waals surface area contributed by atoms with E-state index in [0.717, 1.165) is 11.5 Å². The summed E-state index contributed by atoms with van der Waals surface area (Å²) in [4.78, 5) is 0. The van der Waals surface area contributed by atoms with Crippen molar-refractivity contribution >= 4 is 9.52 Å². The van der Waals surface area contributed by atoms with E-state index >= 15 is 0 Å². The van der Waals surface area contributed by atoms with E-state index in [4.69, 9.17) is 8.83 Å². The SMILES string of the molecule is C=C[Si]C(c1ccco1)c1ccco1. The van der Waals surface area contributed by atoms with Gasteiger partial charge in [0.05, 0.1) is 27.6 Å². The maximum atomic E-state index is 5.37. The summed E-state index contributed by atoms with van der Waals surface area (Å²) in [5, 5.41) is 0. The maximum absolute atomic E-state index is 5.37. The summed E-state index contributed by atoms with van der Waals surface area (Å²) in [6, 6.07) is 7.70. The Morgan fingerprint density at radius 2 is 1.71 bits per heavy atom. The molecule has 0 spiro atoms. The molecule has 2 heterocycles. The highest BCUT2D eigenvalue weighted by Gasteiger charge is 2.18. The van der Waals surface area contributed by atoms with Gasteiger partial charge in [0.25, 0.3) is 0 Å². The van der Waals surface area contributed by atoms with Gasteiger partial charge >= 0.3 is 0 Å². The van der Waals surface area contributed by atoms with Crippen LogP contribution in [0.4, 0.5) is 0 Å². The smallest absolute Gasteiger partial charge is 0.111 e. The monoisotopic (exact) mass is 202 g/mol. The summed E-state index contributed by atoms with van der Waals surface area (Å²) in [5.41, 5.74) is 2.08. The summed E-state index contributed by atoms with van der Waals surface area (Å²) >= 11 is 0. The molecule has 0 amide bonds. The standard InChI is InChI=1S/C11H10O2Si/c1-2-14-11(9-5-3-7-12-9)10-6-4-8-13-10/h2-8,11H,1H2. The molecule has 0 N–H and O–H groups in total. The average molecular weight is 202 g/mol. The molecule has 0 aliphatic rings. The van der Waals surface area contributed by atoms with Crippen molar-refractivity contribution in [1.82, 2.24) is 0 Å². The van der Waals surface area contributed by atoms with Crippen molar-refractivity contribution < 1.29 is 8.83 Å². The van der Waals surface area contributed by atoms with Crippen LogP contribution in [-0.2, 0) is 0 Å². The first kappa shape index (κ1) is 9.09. The third kappa shape index (κ3) is 1.72. The van der Waals surface area contributed by atoms with Crippen molar-refractivity contribution in [1.29, 1.82) is 0 Å². The number of hydrogen-bond acceptors (Lipinski definition) is 2. The summed E-state index contributed by atoms with van der Waals surface area (Å²) in [7, 11) is 0.571. The van der Waals surface area contributed by atoms with E-state index in [9.17, 15) is 0 Å². The molecular weight excluding hydrogens is 192 g/mol. The van der Waals surface area contributed by atoms with Crippen LogP contribution in [0.5, 0.6) is 0 Å². The molecule has 0 unspecified atom stereocenters. The third-order valence-electron chi connectivity index (χ3n) is 1.94. The van der Waals surface area contributed by atoms with Crippen LogP contribution in [0.1, 0.15) is 17.1 Å². The minimum Gasteiger partial charge on any atom is -0.469 e. The van der Waals surface area contributed by atoms with Crippen molar-refractivity contribution in [3.8, 4) is 0 Å². The molecule has 2 aromatic rings. The molecule has 0 atom stereocenters. The molecule has 0 aliphatic heterocycles. The van der Waals surface area contributed by atoms with Gasteiger partial charge in [-0.15, -0.1) is 12.3 Å². The molecule has 2 radical (unpaired) electrons. The number of furan rings is 2. The lowest BCUT2D eigenvalue weighted by Gasteiger charge is -2.07. The Bertz CT molecular complexity index is 341. The van der Waals surface area contributed by atoms with Crippen molar-refractivity contribution in [3.05, 3.63) is 60.6 Å². The molecule has 14 heavy (non-hydrogen) atoms. The van der Waals surface area contributed by atoms with E-state index in [-0.39, 0.29) is 5.54 Å². The van der Waals surface area contributed by atoms with Crippen molar-refractivity contribution in [2.24, 2.45) is 0 Å². The molecule has 0 saturated heterocycles. The maximum Gasteiger partial charge on any atom is 0.111 e. The van der Waals surface area contributed by atoms with E-state index in [1.54, 1.807) is 12.5 Å². The van der Waals surface area contributed by atoms with E-state index in [2.05, 4.69) is 6.58 Å². The molecule has 2 nitrogen and oxygen atoms in total. The summed E-state index contributed by atoms with van der Waals surface area (Å²) in [6.45, 7) is 3.75. The zero-order chi connectivity index (χ0) is 9.80. The molecule has 2 aromatic heterocycles. The van der Waals surface area contributed by atoms with Gasteiger partial charge in [0.1, 0.15) is 11.5 Å². The first-order valence-corrected chi connectivity index (χ1v) is 5.51. The second kappa shape index (κ2) is 4.15. The highest BCUT2D eigenvalue weighted by molar-refractivity contribution is 6.44. The topological polar surface area (TPSA) is 26.3 Å². The lowest BCUT2D eigenvalue weighted by atomic mass is 10.2. The first-order chi connectivity index (χ1) is 6.92. The fraction of sp³-hybridized carbons (Fsp3) is 0.0909. The minimum atomic E-state index is 0.178. The van der Waals surface area contributed by atoms with Crippen LogP contribution in [0, 0.1) is 0 Å². The zero-order valence-corrected chi connectivity index (χ0v) is 8.64. The Morgan fingerprint density at radius 3 is 2.07 bits per heavy atom. The molecular formula is C11H10O2Si. The Hall–Kier alpha value is -1.48. The van der Waals surface area contributed by atoms with Gasteiger partial charge in [-0.3, -0.25) is 0 Å². The van der Waals surface area contributed by atoms with Gasteiger partial charge in [0, 0.05) is 0 Å². The van der Waals surface area contributed by atoms with Crippen LogP contribution in [0.15, 0.2) is 57.9 Å². The van der Waals surface area contributed by atoms with E-state index in [1.807, 2.05) is 30.0 Å². The Labute approximate surface area is 85.1 Å². The van der Waals surface area contributed by atoms with Gasteiger partial charge in [-0.2, -0.15) is 0 Å². The Balaban J connectivity index is 2.29. The molecule has 0 saturated carbocycles.